The quantitative estimate of drug-likeness (QED) is 0.787. The minimum Gasteiger partial charge on any atom is -0.393 e. The number of likely N-dealkylation sites (tertiary alicyclic amines) is 1. The average molecular weight is 337 g/mol. The van der Waals surface area contributed by atoms with Gasteiger partial charge in [0.1, 0.15) is 18.3 Å². The predicted octanol–water partition coefficient (Wildman–Crippen LogP) is 1.93. The molecule has 0 saturated carbocycles. The molecule has 0 amide bonds. The van der Waals surface area contributed by atoms with Crippen molar-refractivity contribution < 1.29 is 0 Å². The molecule has 1 aliphatic rings. The summed E-state index contributed by atoms with van der Waals surface area (Å²) >= 11 is 0. The number of aromatic nitrogens is 4. The molecule has 0 radical (unpaired) electrons. The van der Waals surface area contributed by atoms with E-state index < -0.39 is 0 Å². The number of nitrogens with two attached hydrogens (primary N) is 1. The molecule has 1 aliphatic heterocycles. The van der Waals surface area contributed by atoms with E-state index in [1.807, 2.05) is 28.8 Å². The Kier molecular flexibility index (Phi) is 4.01. The topological polar surface area (TPSA) is 76.1 Å². The van der Waals surface area contributed by atoms with Gasteiger partial charge in [-0.15, -0.1) is 0 Å². The maximum atomic E-state index is 6.47. The Morgan fingerprint density at radius 2 is 1.88 bits per heavy atom. The molecular weight excluding hydrogens is 314 g/mol. The van der Waals surface area contributed by atoms with E-state index in [1.165, 1.54) is 0 Å². The molecule has 25 heavy (non-hydrogen) atoms. The number of hydrogen-bond acceptors (Lipinski definition) is 6. The molecule has 0 aliphatic carbocycles. The van der Waals surface area contributed by atoms with E-state index >= 15 is 0 Å². The monoisotopic (exact) mass is 337 g/mol. The van der Waals surface area contributed by atoms with Gasteiger partial charge in [0, 0.05) is 13.1 Å². The average Bonchev–Trinajstić information content (AvgIpc) is 3.06. The number of piperidine rings is 1. The van der Waals surface area contributed by atoms with Gasteiger partial charge in [-0.2, -0.15) is 0 Å². The van der Waals surface area contributed by atoms with Crippen LogP contribution in [0.25, 0.3) is 16.9 Å². The van der Waals surface area contributed by atoms with Crippen LogP contribution in [0.5, 0.6) is 0 Å². The molecule has 7 heteroatoms. The molecule has 0 atom stereocenters. The number of nitrogens with zero attached hydrogens (tertiary/aromatic N) is 6. The number of anilines is 2. The van der Waals surface area contributed by atoms with Gasteiger partial charge in [-0.25, -0.2) is 15.0 Å². The van der Waals surface area contributed by atoms with E-state index in [4.69, 9.17) is 5.73 Å². The number of hydrogen-bond donors (Lipinski definition) is 1. The summed E-state index contributed by atoms with van der Waals surface area (Å²) in [6.45, 7) is 2.19. The summed E-state index contributed by atoms with van der Waals surface area (Å²) in [7, 11) is 4.24. The Morgan fingerprint density at radius 3 is 2.68 bits per heavy atom. The Labute approximate surface area is 147 Å². The van der Waals surface area contributed by atoms with Crippen molar-refractivity contribution in [1.29, 1.82) is 0 Å². The number of benzene rings is 1. The summed E-state index contributed by atoms with van der Waals surface area (Å²) in [5.41, 5.74) is 8.97. The molecule has 2 aromatic heterocycles. The predicted molar refractivity (Wildman–Crippen MR) is 100.0 cm³/mol. The fraction of sp³-hybridized carbons (Fsp3) is 0.389. The molecule has 130 valence electrons. The summed E-state index contributed by atoms with van der Waals surface area (Å²) < 4.78 is 1.93. The maximum Gasteiger partial charge on any atom is 0.167 e. The molecule has 2 N–H and O–H groups in total. The molecule has 0 spiro atoms. The highest BCUT2D eigenvalue weighted by atomic mass is 15.2. The van der Waals surface area contributed by atoms with Crippen molar-refractivity contribution in [3.63, 3.8) is 0 Å². The van der Waals surface area contributed by atoms with Crippen LogP contribution in [0.3, 0.4) is 0 Å². The largest absolute Gasteiger partial charge is 0.393 e. The lowest BCUT2D eigenvalue weighted by atomic mass is 10.0. The van der Waals surface area contributed by atoms with E-state index in [0.29, 0.717) is 17.5 Å². The van der Waals surface area contributed by atoms with E-state index in [1.54, 1.807) is 12.7 Å². The smallest absolute Gasteiger partial charge is 0.167 e. The molecule has 1 saturated heterocycles. The van der Waals surface area contributed by atoms with Crippen molar-refractivity contribution >= 4 is 22.5 Å². The van der Waals surface area contributed by atoms with Gasteiger partial charge in [0.25, 0.3) is 0 Å². The first kappa shape index (κ1) is 15.8. The summed E-state index contributed by atoms with van der Waals surface area (Å²) in [5, 5.41) is 0. The zero-order chi connectivity index (χ0) is 17.4. The van der Waals surface area contributed by atoms with Crippen LogP contribution in [-0.4, -0.2) is 57.6 Å². The number of rotatable bonds is 3. The van der Waals surface area contributed by atoms with Gasteiger partial charge >= 0.3 is 0 Å². The summed E-state index contributed by atoms with van der Waals surface area (Å²) in [6, 6.07) is 8.41. The third kappa shape index (κ3) is 2.80. The van der Waals surface area contributed by atoms with E-state index in [9.17, 15) is 0 Å². The molecule has 0 bridgehead atoms. The maximum absolute atomic E-state index is 6.47. The molecule has 3 heterocycles. The minimum absolute atomic E-state index is 0.445. The third-order valence-electron chi connectivity index (χ3n) is 5.09. The number of fused-ring (bicyclic) bond motifs is 1. The molecule has 1 aromatic carbocycles. The molecule has 0 unspecified atom stereocenters. The third-order valence-corrected chi connectivity index (χ3v) is 5.09. The first-order chi connectivity index (χ1) is 12.1. The lowest BCUT2D eigenvalue weighted by molar-refractivity contribution is 0.252. The van der Waals surface area contributed by atoms with Gasteiger partial charge in [0.2, 0.25) is 0 Å². The Hall–Kier alpha value is -2.67. The van der Waals surface area contributed by atoms with Gasteiger partial charge in [-0.3, -0.25) is 4.57 Å². The van der Waals surface area contributed by atoms with E-state index in [2.05, 4.69) is 38.8 Å². The van der Waals surface area contributed by atoms with Gasteiger partial charge < -0.3 is 15.5 Å². The number of nitrogen functional groups attached to an aromatic ring is 1. The van der Waals surface area contributed by atoms with Crippen molar-refractivity contribution in [2.75, 3.05) is 37.8 Å². The van der Waals surface area contributed by atoms with Gasteiger partial charge in [0.15, 0.2) is 11.6 Å². The molecule has 1 fully saturated rings. The van der Waals surface area contributed by atoms with E-state index in [-0.39, 0.29) is 0 Å². The second-order valence-electron chi connectivity index (χ2n) is 6.68. The molecule has 3 aromatic rings. The van der Waals surface area contributed by atoms with Gasteiger partial charge in [-0.05, 0) is 45.1 Å². The number of para-hydroxylation sites is 2. The minimum atomic E-state index is 0.445. The summed E-state index contributed by atoms with van der Waals surface area (Å²) in [6.07, 6.45) is 5.57. The fourth-order valence-electron chi connectivity index (χ4n) is 3.53. The SMILES string of the molecule is CN1CCC(N(C)c2ncnc(-n3cnc4ccccc43)c2N)CC1. The highest BCUT2D eigenvalue weighted by Gasteiger charge is 2.24. The van der Waals surface area contributed by atoms with Gasteiger partial charge in [-0.1, -0.05) is 12.1 Å². The zero-order valence-corrected chi connectivity index (χ0v) is 14.6. The highest BCUT2D eigenvalue weighted by molar-refractivity contribution is 5.80. The lowest BCUT2D eigenvalue weighted by Crippen LogP contribution is -2.42. The van der Waals surface area contributed by atoms with Crippen LogP contribution in [0, 0.1) is 0 Å². The normalized spacial score (nSPS) is 16.4. The lowest BCUT2D eigenvalue weighted by Gasteiger charge is -2.36. The van der Waals surface area contributed by atoms with Crippen molar-refractivity contribution in [3.05, 3.63) is 36.9 Å². The second-order valence-corrected chi connectivity index (χ2v) is 6.68. The molecular formula is C18H23N7. The summed E-state index contributed by atoms with van der Waals surface area (Å²) in [4.78, 5) is 17.9. The van der Waals surface area contributed by atoms with Crippen LogP contribution in [0.4, 0.5) is 11.5 Å². The van der Waals surface area contributed by atoms with Crippen molar-refractivity contribution in [3.8, 4) is 5.82 Å². The van der Waals surface area contributed by atoms with Crippen LogP contribution in [0.15, 0.2) is 36.9 Å². The Morgan fingerprint density at radius 1 is 1.12 bits per heavy atom. The van der Waals surface area contributed by atoms with Crippen LogP contribution in [0.1, 0.15) is 12.8 Å². The first-order valence-corrected chi connectivity index (χ1v) is 8.59. The Bertz CT molecular complexity index is 880. The number of imidazole rings is 1. The van der Waals surface area contributed by atoms with Crippen molar-refractivity contribution in [2.45, 2.75) is 18.9 Å². The van der Waals surface area contributed by atoms with Crippen LogP contribution < -0.4 is 10.6 Å². The van der Waals surface area contributed by atoms with Crippen molar-refractivity contribution in [2.24, 2.45) is 0 Å². The standard InChI is InChI=1S/C18H23N7/c1-23-9-7-13(8-10-23)24(2)17-16(19)18(21-11-20-17)25-12-22-14-5-3-4-6-15(14)25/h3-6,11-13H,7-10,19H2,1-2H3. The van der Waals surface area contributed by atoms with Crippen molar-refractivity contribution in [1.82, 2.24) is 24.4 Å². The molecule has 4 rings (SSSR count). The Balaban J connectivity index is 1.71. The molecule has 7 nitrogen and oxygen atoms in total. The van der Waals surface area contributed by atoms with Crippen LogP contribution in [-0.2, 0) is 0 Å². The van der Waals surface area contributed by atoms with E-state index in [0.717, 1.165) is 42.8 Å². The first-order valence-electron chi connectivity index (χ1n) is 8.59. The van der Waals surface area contributed by atoms with Gasteiger partial charge in [0.05, 0.1) is 11.0 Å². The van der Waals surface area contributed by atoms with Crippen LogP contribution >= 0.6 is 0 Å². The highest BCUT2D eigenvalue weighted by Crippen LogP contribution is 2.29. The fourth-order valence-corrected chi connectivity index (χ4v) is 3.53. The second kappa shape index (κ2) is 6.33. The zero-order valence-electron chi connectivity index (χ0n) is 14.6. The summed E-state index contributed by atoms with van der Waals surface area (Å²) in [5.74, 6) is 1.47. The van der Waals surface area contributed by atoms with Crippen LogP contribution in [0.2, 0.25) is 0 Å².